The number of aromatic nitrogens is 3. The first-order valence-corrected chi connectivity index (χ1v) is 13.6. The van der Waals surface area contributed by atoms with Gasteiger partial charge in [0.25, 0.3) is 5.56 Å². The van der Waals surface area contributed by atoms with Gasteiger partial charge < -0.3 is 0 Å². The maximum absolute atomic E-state index is 13.8. The van der Waals surface area contributed by atoms with E-state index in [1.807, 2.05) is 55.5 Å². The second-order valence-electron chi connectivity index (χ2n) is 8.47. The van der Waals surface area contributed by atoms with Crippen molar-refractivity contribution in [1.82, 2.24) is 14.5 Å². The zero-order chi connectivity index (χ0) is 24.5. The van der Waals surface area contributed by atoms with Crippen molar-refractivity contribution in [2.45, 2.75) is 44.8 Å². The molecule has 1 aliphatic rings. The average molecular weight is 523 g/mol. The highest BCUT2D eigenvalue weighted by atomic mass is 35.5. The van der Waals surface area contributed by atoms with Crippen molar-refractivity contribution in [1.29, 1.82) is 0 Å². The Labute approximate surface area is 219 Å². The molecule has 0 fully saturated rings. The van der Waals surface area contributed by atoms with E-state index in [1.54, 1.807) is 16.3 Å². The molecule has 0 saturated carbocycles. The summed E-state index contributed by atoms with van der Waals surface area (Å²) in [6, 6.07) is 15.5. The first-order chi connectivity index (χ1) is 17.0. The van der Waals surface area contributed by atoms with E-state index >= 15 is 0 Å². The third kappa shape index (κ3) is 4.65. The van der Waals surface area contributed by atoms with Crippen LogP contribution in [0.1, 0.15) is 43.5 Å². The van der Waals surface area contributed by atoms with E-state index in [0.29, 0.717) is 32.8 Å². The van der Waals surface area contributed by atoms with E-state index in [1.165, 1.54) is 0 Å². The number of hydrogen-bond acceptors (Lipinski definition) is 4. The number of hydrogen-bond donors (Lipinski definition) is 0. The second-order valence-corrected chi connectivity index (χ2v) is 10.6. The summed E-state index contributed by atoms with van der Waals surface area (Å²) in [5.41, 5.74) is 6.60. The van der Waals surface area contributed by atoms with Gasteiger partial charge in [-0.3, -0.25) is 9.36 Å². The summed E-state index contributed by atoms with van der Waals surface area (Å²) in [5.74, 6) is 0.828. The molecule has 0 atom stereocenters. The van der Waals surface area contributed by atoms with E-state index in [2.05, 4.69) is 13.0 Å². The summed E-state index contributed by atoms with van der Waals surface area (Å²) < 4.78 is 1.76. The number of pyridine rings is 1. The van der Waals surface area contributed by atoms with Crippen molar-refractivity contribution >= 4 is 57.6 Å². The van der Waals surface area contributed by atoms with E-state index in [4.69, 9.17) is 33.2 Å². The number of rotatable bonds is 5. The summed E-state index contributed by atoms with van der Waals surface area (Å²) in [6.45, 7) is 4.60. The van der Waals surface area contributed by atoms with Crippen LogP contribution in [0, 0.1) is 0 Å². The second kappa shape index (κ2) is 10.2. The van der Waals surface area contributed by atoms with Gasteiger partial charge in [-0.2, -0.15) is 0 Å². The molecule has 0 radical (unpaired) electrons. The molecule has 4 nitrogen and oxygen atoms in total. The van der Waals surface area contributed by atoms with Crippen molar-refractivity contribution in [2.75, 3.05) is 5.75 Å². The molecule has 7 heteroatoms. The number of nitrogens with zero attached hydrogens (tertiary/aromatic N) is 3. The molecule has 0 aliphatic heterocycles. The number of thioether (sulfide) groups is 1. The Balaban J connectivity index is 1.85. The van der Waals surface area contributed by atoms with Crippen LogP contribution in [0.2, 0.25) is 10.0 Å². The standard InChI is InChI=1S/C28H25Cl2N3OS/c1-3-33-27(34)24-23(18-10-14-21(30)15-11-18)22-7-5-6-19(16-17-8-12-20(29)13-9-17)25(22)31-26(24)32-28(33)35-4-2/h8-16H,3-7H2,1-2H3/b19-16-. The fraction of sp³-hybridized carbons (Fsp3) is 0.250. The van der Waals surface area contributed by atoms with Crippen molar-refractivity contribution in [3.63, 3.8) is 0 Å². The Morgan fingerprint density at radius 3 is 2.31 bits per heavy atom. The Kier molecular flexibility index (Phi) is 7.01. The topological polar surface area (TPSA) is 47.8 Å². The van der Waals surface area contributed by atoms with Crippen LogP contribution in [-0.2, 0) is 13.0 Å². The number of fused-ring (bicyclic) bond motifs is 2. The van der Waals surface area contributed by atoms with Gasteiger partial charge in [0.2, 0.25) is 0 Å². The third-order valence-corrected chi connectivity index (χ3v) is 7.64. The summed E-state index contributed by atoms with van der Waals surface area (Å²) in [7, 11) is 0. The number of allylic oxidation sites excluding steroid dienone is 1. The van der Waals surface area contributed by atoms with Crippen molar-refractivity contribution in [3.8, 4) is 11.1 Å². The average Bonchev–Trinajstić information content (AvgIpc) is 2.86. The van der Waals surface area contributed by atoms with E-state index < -0.39 is 0 Å². The van der Waals surface area contributed by atoms with Crippen LogP contribution in [0.25, 0.3) is 33.8 Å². The molecule has 0 saturated heterocycles. The summed E-state index contributed by atoms with van der Waals surface area (Å²) >= 11 is 13.9. The van der Waals surface area contributed by atoms with E-state index in [9.17, 15) is 4.79 Å². The highest BCUT2D eigenvalue weighted by molar-refractivity contribution is 7.99. The Morgan fingerprint density at radius 1 is 0.971 bits per heavy atom. The summed E-state index contributed by atoms with van der Waals surface area (Å²) in [5, 5.41) is 2.67. The molecular weight excluding hydrogens is 497 g/mol. The molecule has 5 rings (SSSR count). The molecule has 35 heavy (non-hydrogen) atoms. The van der Waals surface area contributed by atoms with Gasteiger partial charge in [0.05, 0.1) is 11.1 Å². The lowest BCUT2D eigenvalue weighted by molar-refractivity contribution is 0.632. The van der Waals surface area contributed by atoms with Crippen LogP contribution in [-0.4, -0.2) is 20.3 Å². The SMILES string of the molecule is CCSc1nc2nc3c(c(-c4ccc(Cl)cc4)c2c(=O)n1CC)CCC/C3=C/c1ccc(Cl)cc1. The predicted molar refractivity (Wildman–Crippen MR) is 149 cm³/mol. The predicted octanol–water partition coefficient (Wildman–Crippen LogP) is 7.77. The zero-order valence-corrected chi connectivity index (χ0v) is 22.0. The molecule has 1 aliphatic carbocycles. The molecule has 2 heterocycles. The van der Waals surface area contributed by atoms with Crippen LogP contribution < -0.4 is 5.56 Å². The minimum atomic E-state index is -0.0393. The maximum atomic E-state index is 13.8. The minimum absolute atomic E-state index is 0.0393. The normalized spacial score (nSPS) is 14.5. The molecule has 0 N–H and O–H groups in total. The van der Waals surface area contributed by atoms with E-state index in [0.717, 1.165) is 58.5 Å². The lowest BCUT2D eigenvalue weighted by Gasteiger charge is -2.23. The molecule has 0 unspecified atom stereocenters. The maximum Gasteiger partial charge on any atom is 0.264 e. The Hall–Kier alpha value is -2.60. The lowest BCUT2D eigenvalue weighted by Crippen LogP contribution is -2.24. The fourth-order valence-electron chi connectivity index (χ4n) is 4.70. The Bertz CT molecular complexity index is 1490. The zero-order valence-electron chi connectivity index (χ0n) is 19.6. The van der Waals surface area contributed by atoms with Gasteiger partial charge in [-0.25, -0.2) is 9.97 Å². The van der Waals surface area contributed by atoms with Gasteiger partial charge in [0.15, 0.2) is 10.8 Å². The summed E-state index contributed by atoms with van der Waals surface area (Å²) in [4.78, 5) is 23.8. The third-order valence-electron chi connectivity index (χ3n) is 6.28. The quantitative estimate of drug-likeness (QED) is 0.198. The molecule has 0 amide bonds. The van der Waals surface area contributed by atoms with Crippen molar-refractivity contribution in [2.24, 2.45) is 0 Å². The van der Waals surface area contributed by atoms with Gasteiger partial charge >= 0.3 is 0 Å². The van der Waals surface area contributed by atoms with Gasteiger partial charge in [-0.05, 0) is 84.5 Å². The molecule has 0 bridgehead atoms. The first kappa shape index (κ1) is 24.1. The van der Waals surface area contributed by atoms with Crippen LogP contribution in [0.3, 0.4) is 0 Å². The van der Waals surface area contributed by atoms with Crippen LogP contribution in [0.4, 0.5) is 0 Å². The number of benzene rings is 2. The molecule has 2 aromatic carbocycles. The van der Waals surface area contributed by atoms with Gasteiger partial charge in [0, 0.05) is 22.2 Å². The smallest absolute Gasteiger partial charge is 0.264 e. The van der Waals surface area contributed by atoms with Crippen LogP contribution in [0.5, 0.6) is 0 Å². The van der Waals surface area contributed by atoms with E-state index in [-0.39, 0.29) is 5.56 Å². The highest BCUT2D eigenvalue weighted by Crippen LogP contribution is 2.40. The largest absolute Gasteiger partial charge is 0.287 e. The number of halogens is 2. The molecular formula is C28H25Cl2N3OS. The fourth-order valence-corrected chi connectivity index (χ4v) is 5.73. The van der Waals surface area contributed by atoms with Crippen molar-refractivity contribution in [3.05, 3.63) is 85.8 Å². The molecule has 2 aromatic heterocycles. The molecule has 0 spiro atoms. The van der Waals surface area contributed by atoms with Gasteiger partial charge in [0.1, 0.15) is 0 Å². The Morgan fingerprint density at radius 2 is 1.66 bits per heavy atom. The van der Waals surface area contributed by atoms with Crippen LogP contribution >= 0.6 is 35.0 Å². The monoisotopic (exact) mass is 521 g/mol. The summed E-state index contributed by atoms with van der Waals surface area (Å²) in [6.07, 6.45) is 4.93. The van der Waals surface area contributed by atoms with Crippen LogP contribution in [0.15, 0.2) is 58.5 Å². The van der Waals surface area contributed by atoms with Gasteiger partial charge in [-0.1, -0.05) is 66.2 Å². The first-order valence-electron chi connectivity index (χ1n) is 11.8. The molecule has 4 aromatic rings. The molecule has 178 valence electrons. The van der Waals surface area contributed by atoms with Gasteiger partial charge in [-0.15, -0.1) is 0 Å². The highest BCUT2D eigenvalue weighted by Gasteiger charge is 2.26. The lowest BCUT2D eigenvalue weighted by atomic mass is 9.84. The van der Waals surface area contributed by atoms with Crippen molar-refractivity contribution < 1.29 is 0 Å². The minimum Gasteiger partial charge on any atom is -0.287 e.